The first-order valence-electron chi connectivity index (χ1n) is 7.79. The Morgan fingerprint density at radius 2 is 2.10 bits per heavy atom. The van der Waals surface area contributed by atoms with Crippen molar-refractivity contribution in [3.8, 4) is 0 Å². The number of rotatable bonds is 9. The van der Waals surface area contributed by atoms with Gasteiger partial charge < -0.3 is 16.0 Å². The number of hydrogen-bond donors (Lipinski definition) is 2. The van der Waals surface area contributed by atoms with Gasteiger partial charge in [-0.25, -0.2) is 0 Å². The van der Waals surface area contributed by atoms with Crippen molar-refractivity contribution in [2.45, 2.75) is 46.1 Å². The van der Waals surface area contributed by atoms with Gasteiger partial charge in [-0.2, -0.15) is 0 Å². The van der Waals surface area contributed by atoms with E-state index in [1.807, 2.05) is 13.8 Å². The monoisotopic (exact) mass is 291 g/mol. The van der Waals surface area contributed by atoms with Crippen LogP contribution in [0.1, 0.15) is 39.2 Å². The summed E-state index contributed by atoms with van der Waals surface area (Å²) in [4.78, 5) is 14.0. The Labute approximate surface area is 128 Å². The number of nitrogens with two attached hydrogens (primary N) is 1. The lowest BCUT2D eigenvalue weighted by Crippen LogP contribution is -2.53. The molecule has 0 aliphatic carbocycles. The van der Waals surface area contributed by atoms with Gasteiger partial charge in [-0.1, -0.05) is 19.1 Å². The first-order chi connectivity index (χ1) is 9.92. The first kappa shape index (κ1) is 17.5. The molecule has 1 atom stereocenters. The quantitative estimate of drug-likeness (QED) is 0.735. The molecule has 0 saturated carbocycles. The van der Waals surface area contributed by atoms with Gasteiger partial charge in [-0.05, 0) is 57.9 Å². The lowest BCUT2D eigenvalue weighted by molar-refractivity contribution is -0.124. The standard InChI is InChI=1S/C17H29N3O/c1-5-19-17(4,16(18)21)11-8-12-20(6-2)15-10-7-9-14(3)13-15/h7,9-10,13,19H,5-6,8,11-12H2,1-4H3,(H2,18,21). The molecule has 0 spiro atoms. The van der Waals surface area contributed by atoms with Crippen LogP contribution >= 0.6 is 0 Å². The molecule has 21 heavy (non-hydrogen) atoms. The van der Waals surface area contributed by atoms with Crippen LogP contribution in [0.2, 0.25) is 0 Å². The second-order valence-corrected chi connectivity index (χ2v) is 5.75. The molecule has 0 bridgehead atoms. The number of hydrogen-bond acceptors (Lipinski definition) is 3. The molecule has 118 valence electrons. The number of nitrogens with one attached hydrogen (secondary N) is 1. The number of carbonyl (C=O) groups excluding carboxylic acids is 1. The molecule has 0 fully saturated rings. The third-order valence-electron chi connectivity index (χ3n) is 3.96. The van der Waals surface area contributed by atoms with E-state index < -0.39 is 5.54 Å². The summed E-state index contributed by atoms with van der Waals surface area (Å²) in [5, 5.41) is 3.21. The van der Waals surface area contributed by atoms with Gasteiger partial charge in [0, 0.05) is 18.8 Å². The van der Waals surface area contributed by atoms with Crippen LogP contribution in [0.15, 0.2) is 24.3 Å². The van der Waals surface area contributed by atoms with Crippen LogP contribution in [0.5, 0.6) is 0 Å². The van der Waals surface area contributed by atoms with Gasteiger partial charge in [-0.15, -0.1) is 0 Å². The van der Waals surface area contributed by atoms with Crippen LogP contribution < -0.4 is 16.0 Å². The van der Waals surface area contributed by atoms with E-state index in [0.717, 1.165) is 32.5 Å². The van der Waals surface area contributed by atoms with Crippen molar-refractivity contribution >= 4 is 11.6 Å². The van der Waals surface area contributed by atoms with Crippen molar-refractivity contribution in [3.05, 3.63) is 29.8 Å². The zero-order chi connectivity index (χ0) is 15.9. The van der Waals surface area contributed by atoms with Gasteiger partial charge in [0.25, 0.3) is 0 Å². The molecule has 0 heterocycles. The number of anilines is 1. The number of amides is 1. The summed E-state index contributed by atoms with van der Waals surface area (Å²) >= 11 is 0. The Kier molecular flexibility index (Phi) is 6.69. The normalized spacial score (nSPS) is 13.7. The summed E-state index contributed by atoms with van der Waals surface area (Å²) in [7, 11) is 0. The van der Waals surface area contributed by atoms with Gasteiger partial charge in [-0.3, -0.25) is 4.79 Å². The van der Waals surface area contributed by atoms with E-state index in [1.165, 1.54) is 11.3 Å². The molecule has 3 N–H and O–H groups in total. The molecule has 0 saturated heterocycles. The van der Waals surface area contributed by atoms with E-state index in [1.54, 1.807) is 0 Å². The summed E-state index contributed by atoms with van der Waals surface area (Å²) in [5.41, 5.74) is 7.41. The molecule has 0 aliphatic rings. The predicted molar refractivity (Wildman–Crippen MR) is 89.6 cm³/mol. The summed E-state index contributed by atoms with van der Waals surface area (Å²) in [6, 6.07) is 8.52. The maximum atomic E-state index is 11.6. The fraction of sp³-hybridized carbons (Fsp3) is 0.588. The van der Waals surface area contributed by atoms with E-state index in [9.17, 15) is 4.79 Å². The van der Waals surface area contributed by atoms with E-state index >= 15 is 0 Å². The van der Waals surface area contributed by atoms with Crippen LogP contribution in [0.3, 0.4) is 0 Å². The minimum atomic E-state index is -0.610. The van der Waals surface area contributed by atoms with Gasteiger partial charge in [0.05, 0.1) is 5.54 Å². The molecule has 1 rings (SSSR count). The van der Waals surface area contributed by atoms with E-state index in [2.05, 4.69) is 48.3 Å². The maximum Gasteiger partial charge on any atom is 0.237 e. The van der Waals surface area contributed by atoms with Gasteiger partial charge in [0.15, 0.2) is 0 Å². The lowest BCUT2D eigenvalue weighted by atomic mass is 9.94. The average molecular weight is 291 g/mol. The smallest absolute Gasteiger partial charge is 0.237 e. The molecule has 1 unspecified atom stereocenters. The third kappa shape index (κ3) is 5.05. The van der Waals surface area contributed by atoms with Crippen molar-refractivity contribution in [3.63, 3.8) is 0 Å². The van der Waals surface area contributed by atoms with Crippen LogP contribution in [0.4, 0.5) is 5.69 Å². The van der Waals surface area contributed by atoms with Crippen molar-refractivity contribution in [1.29, 1.82) is 0 Å². The average Bonchev–Trinajstić information content (AvgIpc) is 2.43. The number of carbonyl (C=O) groups is 1. The molecule has 4 heteroatoms. The Morgan fingerprint density at radius 1 is 1.38 bits per heavy atom. The predicted octanol–water partition coefficient (Wildman–Crippen LogP) is 2.46. The van der Waals surface area contributed by atoms with Crippen molar-refractivity contribution in [2.24, 2.45) is 5.73 Å². The Bertz CT molecular complexity index is 461. The molecule has 1 amide bonds. The second kappa shape index (κ2) is 8.03. The molecule has 0 aromatic heterocycles. The Hall–Kier alpha value is -1.55. The SMILES string of the molecule is CCNC(C)(CCCN(CC)c1cccc(C)c1)C(N)=O. The third-order valence-corrected chi connectivity index (χ3v) is 3.96. The highest BCUT2D eigenvalue weighted by molar-refractivity contribution is 5.84. The van der Waals surface area contributed by atoms with Gasteiger partial charge in [0.1, 0.15) is 0 Å². The number of aryl methyl sites for hydroxylation is 1. The minimum Gasteiger partial charge on any atom is -0.372 e. The highest BCUT2D eigenvalue weighted by Crippen LogP contribution is 2.18. The first-order valence-corrected chi connectivity index (χ1v) is 7.79. The molecule has 1 aromatic rings. The minimum absolute atomic E-state index is 0.275. The molecular formula is C17H29N3O. The summed E-state index contributed by atoms with van der Waals surface area (Å²) in [5.74, 6) is -0.275. The van der Waals surface area contributed by atoms with Crippen molar-refractivity contribution in [2.75, 3.05) is 24.5 Å². The van der Waals surface area contributed by atoms with Crippen molar-refractivity contribution in [1.82, 2.24) is 5.32 Å². The number of likely N-dealkylation sites (N-methyl/N-ethyl adjacent to an activating group) is 1. The highest BCUT2D eigenvalue weighted by atomic mass is 16.1. The van der Waals surface area contributed by atoms with Crippen LogP contribution in [-0.4, -0.2) is 31.1 Å². The van der Waals surface area contributed by atoms with Crippen molar-refractivity contribution < 1.29 is 4.79 Å². The zero-order valence-corrected chi connectivity index (χ0v) is 13.8. The molecule has 0 radical (unpaired) electrons. The summed E-state index contributed by atoms with van der Waals surface area (Å²) < 4.78 is 0. The zero-order valence-electron chi connectivity index (χ0n) is 13.8. The second-order valence-electron chi connectivity index (χ2n) is 5.75. The van der Waals surface area contributed by atoms with E-state index in [4.69, 9.17) is 5.73 Å². The topological polar surface area (TPSA) is 58.4 Å². The van der Waals surface area contributed by atoms with Crippen LogP contribution in [0.25, 0.3) is 0 Å². The summed E-state index contributed by atoms with van der Waals surface area (Å²) in [6.07, 6.45) is 1.67. The molecular weight excluding hydrogens is 262 g/mol. The fourth-order valence-corrected chi connectivity index (χ4v) is 2.61. The van der Waals surface area contributed by atoms with Gasteiger partial charge in [0.2, 0.25) is 5.91 Å². The molecule has 0 aliphatic heterocycles. The Balaban J connectivity index is 2.61. The molecule has 4 nitrogen and oxygen atoms in total. The van der Waals surface area contributed by atoms with Crippen LogP contribution in [-0.2, 0) is 4.79 Å². The number of benzene rings is 1. The maximum absolute atomic E-state index is 11.6. The molecule has 1 aromatic carbocycles. The fourth-order valence-electron chi connectivity index (χ4n) is 2.61. The van der Waals surface area contributed by atoms with Crippen LogP contribution in [0, 0.1) is 6.92 Å². The Morgan fingerprint density at radius 3 is 2.62 bits per heavy atom. The van der Waals surface area contributed by atoms with E-state index in [0.29, 0.717) is 0 Å². The number of nitrogens with zero attached hydrogens (tertiary/aromatic N) is 1. The highest BCUT2D eigenvalue weighted by Gasteiger charge is 2.29. The number of primary amides is 1. The van der Waals surface area contributed by atoms with Gasteiger partial charge >= 0.3 is 0 Å². The summed E-state index contributed by atoms with van der Waals surface area (Å²) in [6.45, 7) is 10.8. The van der Waals surface area contributed by atoms with E-state index in [-0.39, 0.29) is 5.91 Å². The largest absolute Gasteiger partial charge is 0.372 e. The lowest BCUT2D eigenvalue weighted by Gasteiger charge is -2.29.